The first kappa shape index (κ1) is 16.9. The summed E-state index contributed by atoms with van der Waals surface area (Å²) < 4.78 is 10.7. The molecule has 0 radical (unpaired) electrons. The Morgan fingerprint density at radius 1 is 1.12 bits per heavy atom. The molecule has 1 aliphatic carbocycles. The Balaban J connectivity index is 1.32. The van der Waals surface area contributed by atoms with Crippen LogP contribution < -0.4 is 14.8 Å². The Kier molecular flexibility index (Phi) is 4.80. The summed E-state index contributed by atoms with van der Waals surface area (Å²) in [6, 6.07) is 14.8. The van der Waals surface area contributed by atoms with Gasteiger partial charge in [0.2, 0.25) is 12.7 Å². The van der Waals surface area contributed by atoms with Crippen molar-refractivity contribution in [1.29, 1.82) is 0 Å². The van der Waals surface area contributed by atoms with Crippen molar-refractivity contribution < 1.29 is 14.3 Å². The van der Waals surface area contributed by atoms with E-state index in [0.29, 0.717) is 19.1 Å². The highest BCUT2D eigenvalue weighted by Crippen LogP contribution is 2.32. The molecule has 26 heavy (non-hydrogen) atoms. The highest BCUT2D eigenvalue weighted by atomic mass is 16.7. The van der Waals surface area contributed by atoms with Gasteiger partial charge in [-0.05, 0) is 43.0 Å². The number of hydrogen-bond donors (Lipinski definition) is 1. The van der Waals surface area contributed by atoms with Gasteiger partial charge < -0.3 is 14.8 Å². The van der Waals surface area contributed by atoms with Crippen molar-refractivity contribution >= 4 is 5.91 Å². The second-order valence-electron chi connectivity index (χ2n) is 7.09. The van der Waals surface area contributed by atoms with Gasteiger partial charge in [0.1, 0.15) is 0 Å². The van der Waals surface area contributed by atoms with Crippen molar-refractivity contribution in [2.75, 3.05) is 13.3 Å². The second-order valence-corrected chi connectivity index (χ2v) is 7.09. The van der Waals surface area contributed by atoms with E-state index in [9.17, 15) is 4.79 Å². The fraction of sp³-hybridized carbons (Fsp3) is 0.381. The lowest BCUT2D eigenvalue weighted by atomic mass is 10.1. The minimum Gasteiger partial charge on any atom is -0.454 e. The molecule has 2 aromatic rings. The van der Waals surface area contributed by atoms with Crippen LogP contribution in [0.25, 0.3) is 0 Å². The number of aryl methyl sites for hydroxylation is 1. The maximum absolute atomic E-state index is 12.4. The molecule has 1 amide bonds. The van der Waals surface area contributed by atoms with Crippen LogP contribution >= 0.6 is 0 Å². The molecule has 0 atom stereocenters. The minimum absolute atomic E-state index is 0.0576. The van der Waals surface area contributed by atoms with Crippen molar-refractivity contribution in [1.82, 2.24) is 10.2 Å². The predicted octanol–water partition coefficient (Wildman–Crippen LogP) is 3.00. The lowest BCUT2D eigenvalue weighted by Gasteiger charge is -2.21. The molecule has 1 fully saturated rings. The Hall–Kier alpha value is -2.53. The quantitative estimate of drug-likeness (QED) is 0.832. The van der Waals surface area contributed by atoms with E-state index < -0.39 is 0 Å². The van der Waals surface area contributed by atoms with E-state index in [1.807, 2.05) is 18.2 Å². The number of nitrogens with zero attached hydrogens (tertiary/aromatic N) is 1. The molecule has 2 aromatic carbocycles. The van der Waals surface area contributed by atoms with Crippen LogP contribution in [0.2, 0.25) is 0 Å². The third kappa shape index (κ3) is 4.17. The minimum atomic E-state index is 0.0576. The van der Waals surface area contributed by atoms with Gasteiger partial charge in [-0.3, -0.25) is 9.69 Å². The fourth-order valence-corrected chi connectivity index (χ4v) is 3.29. The Morgan fingerprint density at radius 3 is 2.77 bits per heavy atom. The first-order chi connectivity index (χ1) is 12.7. The highest BCUT2D eigenvalue weighted by molar-refractivity contribution is 5.78. The van der Waals surface area contributed by atoms with Gasteiger partial charge in [0.05, 0.1) is 6.54 Å². The number of carbonyl (C=O) groups excluding carboxylic acids is 1. The molecule has 136 valence electrons. The Bertz CT molecular complexity index is 802. The number of nitrogens with one attached hydrogen (secondary N) is 1. The van der Waals surface area contributed by atoms with Crippen LogP contribution in [-0.4, -0.2) is 30.2 Å². The molecule has 5 nitrogen and oxygen atoms in total. The molecule has 0 spiro atoms. The first-order valence-electron chi connectivity index (χ1n) is 9.12. The average molecular weight is 352 g/mol. The summed E-state index contributed by atoms with van der Waals surface area (Å²) in [6.45, 7) is 4.12. The van der Waals surface area contributed by atoms with Crippen molar-refractivity contribution in [2.24, 2.45) is 0 Å². The largest absolute Gasteiger partial charge is 0.454 e. The average Bonchev–Trinajstić information content (AvgIpc) is 3.37. The molecular weight excluding hydrogens is 328 g/mol. The van der Waals surface area contributed by atoms with Gasteiger partial charge in [-0.1, -0.05) is 35.9 Å². The second kappa shape index (κ2) is 7.38. The van der Waals surface area contributed by atoms with E-state index >= 15 is 0 Å². The van der Waals surface area contributed by atoms with Crippen LogP contribution in [0.4, 0.5) is 0 Å². The fourth-order valence-electron chi connectivity index (χ4n) is 3.29. The summed E-state index contributed by atoms with van der Waals surface area (Å²) >= 11 is 0. The molecule has 4 rings (SSSR count). The van der Waals surface area contributed by atoms with Crippen LogP contribution in [0.15, 0.2) is 42.5 Å². The molecule has 5 heteroatoms. The van der Waals surface area contributed by atoms with Crippen LogP contribution in [0.3, 0.4) is 0 Å². The van der Waals surface area contributed by atoms with Crippen molar-refractivity contribution in [3.8, 4) is 11.5 Å². The third-order valence-electron chi connectivity index (χ3n) is 4.80. The number of rotatable bonds is 7. The van der Waals surface area contributed by atoms with Gasteiger partial charge in [0, 0.05) is 19.1 Å². The molecule has 1 aliphatic heterocycles. The van der Waals surface area contributed by atoms with E-state index in [2.05, 4.69) is 41.4 Å². The Morgan fingerprint density at radius 2 is 1.96 bits per heavy atom. The highest BCUT2D eigenvalue weighted by Gasteiger charge is 2.30. The zero-order valence-electron chi connectivity index (χ0n) is 15.0. The first-order valence-corrected chi connectivity index (χ1v) is 9.12. The van der Waals surface area contributed by atoms with Crippen molar-refractivity contribution in [3.63, 3.8) is 0 Å². The van der Waals surface area contributed by atoms with E-state index in [4.69, 9.17) is 9.47 Å². The zero-order valence-corrected chi connectivity index (χ0v) is 15.0. The van der Waals surface area contributed by atoms with Crippen LogP contribution in [0.1, 0.15) is 29.5 Å². The molecule has 0 aromatic heterocycles. The lowest BCUT2D eigenvalue weighted by molar-refractivity contribution is -0.122. The van der Waals surface area contributed by atoms with Gasteiger partial charge >= 0.3 is 0 Å². The maximum Gasteiger partial charge on any atom is 0.234 e. The summed E-state index contributed by atoms with van der Waals surface area (Å²) in [5.41, 5.74) is 3.53. The Labute approximate surface area is 153 Å². The summed E-state index contributed by atoms with van der Waals surface area (Å²) in [4.78, 5) is 14.7. The smallest absolute Gasteiger partial charge is 0.234 e. The van der Waals surface area contributed by atoms with Crippen molar-refractivity contribution in [3.05, 3.63) is 59.2 Å². The monoisotopic (exact) mass is 352 g/mol. The molecule has 0 unspecified atom stereocenters. The molecular formula is C21H24N2O3. The molecule has 2 aliphatic rings. The summed E-state index contributed by atoms with van der Waals surface area (Å²) in [5, 5.41) is 3.02. The predicted molar refractivity (Wildman–Crippen MR) is 99.0 cm³/mol. The SMILES string of the molecule is Cc1cccc(CN(CC(=O)NCc2ccc3c(c2)OCO3)C2CC2)c1. The normalized spacial score (nSPS) is 15.3. The van der Waals surface area contributed by atoms with Crippen molar-refractivity contribution in [2.45, 2.75) is 38.9 Å². The topological polar surface area (TPSA) is 50.8 Å². The van der Waals surface area contributed by atoms with E-state index in [0.717, 1.165) is 23.6 Å². The van der Waals surface area contributed by atoms with E-state index in [1.54, 1.807) is 0 Å². The van der Waals surface area contributed by atoms with Gasteiger partial charge in [0.25, 0.3) is 0 Å². The third-order valence-corrected chi connectivity index (χ3v) is 4.80. The van der Waals surface area contributed by atoms with Gasteiger partial charge in [-0.15, -0.1) is 0 Å². The van der Waals surface area contributed by atoms with Crippen LogP contribution in [0.5, 0.6) is 11.5 Å². The van der Waals surface area contributed by atoms with Gasteiger partial charge in [-0.25, -0.2) is 0 Å². The maximum atomic E-state index is 12.4. The number of hydrogen-bond acceptors (Lipinski definition) is 4. The number of ether oxygens (including phenoxy) is 2. The molecule has 1 heterocycles. The van der Waals surface area contributed by atoms with Gasteiger partial charge in [0.15, 0.2) is 11.5 Å². The molecule has 1 saturated carbocycles. The van der Waals surface area contributed by atoms with Gasteiger partial charge in [-0.2, -0.15) is 0 Å². The zero-order chi connectivity index (χ0) is 17.9. The number of fused-ring (bicyclic) bond motifs is 1. The summed E-state index contributed by atoms with van der Waals surface area (Å²) in [6.07, 6.45) is 2.36. The molecule has 0 bridgehead atoms. The molecule has 1 N–H and O–H groups in total. The van der Waals surface area contributed by atoms with Crippen LogP contribution in [0, 0.1) is 6.92 Å². The van der Waals surface area contributed by atoms with E-state index in [-0.39, 0.29) is 12.7 Å². The summed E-state index contributed by atoms with van der Waals surface area (Å²) in [5.74, 6) is 1.57. The summed E-state index contributed by atoms with van der Waals surface area (Å²) in [7, 11) is 0. The number of amides is 1. The molecule has 0 saturated heterocycles. The standard InChI is InChI=1S/C21H24N2O3/c1-15-3-2-4-17(9-15)12-23(18-6-7-18)13-21(24)22-11-16-5-8-19-20(10-16)26-14-25-19/h2-5,8-10,18H,6-7,11-14H2,1H3,(H,22,24). The lowest BCUT2D eigenvalue weighted by Crippen LogP contribution is -2.37. The number of carbonyl (C=O) groups is 1. The van der Waals surface area contributed by atoms with Crippen LogP contribution in [-0.2, 0) is 17.9 Å². The number of benzene rings is 2. The van der Waals surface area contributed by atoms with E-state index in [1.165, 1.54) is 24.0 Å².